The summed E-state index contributed by atoms with van der Waals surface area (Å²) < 4.78 is 45.0. The molecule has 0 aliphatic heterocycles. The predicted octanol–water partition coefficient (Wildman–Crippen LogP) is 7.63. The van der Waals surface area contributed by atoms with E-state index in [0.29, 0.717) is 37.9 Å². The van der Waals surface area contributed by atoms with E-state index >= 15 is 0 Å². The number of ketones is 1. The molecule has 1 aliphatic carbocycles. The van der Waals surface area contributed by atoms with Gasteiger partial charge in [-0.1, -0.05) is 49.5 Å². The van der Waals surface area contributed by atoms with E-state index in [0.717, 1.165) is 37.9 Å². The Morgan fingerprint density at radius 3 is 2.40 bits per heavy atom. The summed E-state index contributed by atoms with van der Waals surface area (Å²) in [6.45, 7) is 3.51. The molecule has 3 aromatic rings. The summed E-state index contributed by atoms with van der Waals surface area (Å²) in [7, 11) is 1.65. The van der Waals surface area contributed by atoms with Gasteiger partial charge in [0.05, 0.1) is 11.1 Å². The highest BCUT2D eigenvalue weighted by Crippen LogP contribution is 2.34. The van der Waals surface area contributed by atoms with E-state index in [2.05, 4.69) is 9.73 Å². The quantitative estimate of drug-likeness (QED) is 0.160. The topological polar surface area (TPSA) is 63.9 Å². The largest absolute Gasteiger partial charge is 0.573 e. The molecule has 11 heteroatoms. The van der Waals surface area contributed by atoms with Gasteiger partial charge in [-0.2, -0.15) is 0 Å². The van der Waals surface area contributed by atoms with E-state index in [1.54, 1.807) is 47.7 Å². The van der Waals surface area contributed by atoms with Gasteiger partial charge in [0.15, 0.2) is 11.0 Å². The van der Waals surface area contributed by atoms with Crippen LogP contribution in [0.25, 0.3) is 10.9 Å². The van der Waals surface area contributed by atoms with Crippen LogP contribution in [0, 0.1) is 6.92 Å². The van der Waals surface area contributed by atoms with Crippen molar-refractivity contribution in [1.82, 2.24) is 9.47 Å². The minimum atomic E-state index is -4.89. The number of thioether (sulfide) groups is 1. The first-order valence-corrected chi connectivity index (χ1v) is 14.5. The maximum Gasteiger partial charge on any atom is 0.573 e. The Bertz CT molecular complexity index is 1410. The molecule has 0 unspecified atom stereocenters. The SMILES string of the molecule is CCSC(=NC)N(C(=O)Cn1c(C)c(C(=O)c2ccc(Cl)cc2)c2ccc(OC(F)(F)F)cc21)C1CCCCC1. The fourth-order valence-electron chi connectivity index (χ4n) is 5.28. The molecule has 0 radical (unpaired) electrons. The van der Waals surface area contributed by atoms with Crippen molar-refractivity contribution in [3.05, 3.63) is 64.3 Å². The Hall–Kier alpha value is -2.98. The number of aromatic nitrogens is 1. The molecule has 1 fully saturated rings. The lowest BCUT2D eigenvalue weighted by Crippen LogP contribution is -2.46. The number of hydrogen-bond acceptors (Lipinski definition) is 5. The van der Waals surface area contributed by atoms with E-state index in [1.807, 2.05) is 6.92 Å². The van der Waals surface area contributed by atoms with Crippen LogP contribution in [0.15, 0.2) is 47.5 Å². The third-order valence-corrected chi connectivity index (χ3v) is 8.21. The number of carbonyl (C=O) groups excluding carboxylic acids is 2. The van der Waals surface area contributed by atoms with Crippen LogP contribution in [0.2, 0.25) is 5.02 Å². The number of hydrogen-bond donors (Lipinski definition) is 0. The molecule has 0 N–H and O–H groups in total. The average Bonchev–Trinajstić information content (AvgIpc) is 3.18. The standard InChI is InChI=1S/C29H31ClF3N3O3S/c1-4-40-28(34-3)36(21-8-6-5-7-9-21)25(37)17-35-18(2)26(27(38)19-10-12-20(30)13-11-19)23-15-14-22(16-24(23)35)39-29(31,32)33/h10-16,21H,4-9,17H2,1-3H3. The minimum absolute atomic E-state index is 0.0135. The van der Waals surface area contributed by atoms with Crippen LogP contribution in [-0.4, -0.2) is 51.5 Å². The second-order valence-electron chi connectivity index (χ2n) is 9.60. The molecule has 214 valence electrons. The highest BCUT2D eigenvalue weighted by atomic mass is 35.5. The van der Waals surface area contributed by atoms with Crippen LogP contribution in [0.4, 0.5) is 13.2 Å². The van der Waals surface area contributed by atoms with Gasteiger partial charge in [-0.15, -0.1) is 13.2 Å². The van der Waals surface area contributed by atoms with Crippen LogP contribution < -0.4 is 4.74 Å². The van der Waals surface area contributed by atoms with Gasteiger partial charge < -0.3 is 9.30 Å². The minimum Gasteiger partial charge on any atom is -0.406 e. The lowest BCUT2D eigenvalue weighted by molar-refractivity contribution is -0.274. The van der Waals surface area contributed by atoms with Gasteiger partial charge in [0.25, 0.3) is 0 Å². The smallest absolute Gasteiger partial charge is 0.406 e. The van der Waals surface area contributed by atoms with E-state index in [1.165, 1.54) is 30.0 Å². The van der Waals surface area contributed by atoms with Gasteiger partial charge in [-0.3, -0.25) is 19.5 Å². The summed E-state index contributed by atoms with van der Waals surface area (Å²) in [5.74, 6) is -0.261. The first-order valence-electron chi connectivity index (χ1n) is 13.1. The highest BCUT2D eigenvalue weighted by molar-refractivity contribution is 8.13. The number of fused-ring (bicyclic) bond motifs is 1. The van der Waals surface area contributed by atoms with Crippen molar-refractivity contribution in [1.29, 1.82) is 0 Å². The average molecular weight is 594 g/mol. The number of ether oxygens (including phenoxy) is 1. The highest BCUT2D eigenvalue weighted by Gasteiger charge is 2.33. The molecule has 1 heterocycles. The van der Waals surface area contributed by atoms with Gasteiger partial charge in [0, 0.05) is 40.8 Å². The Labute approximate surface area is 240 Å². The van der Waals surface area contributed by atoms with E-state index in [4.69, 9.17) is 11.6 Å². The maximum atomic E-state index is 14.0. The van der Waals surface area contributed by atoms with Gasteiger partial charge >= 0.3 is 6.36 Å². The van der Waals surface area contributed by atoms with Crippen LogP contribution in [0.5, 0.6) is 5.75 Å². The van der Waals surface area contributed by atoms with E-state index in [-0.39, 0.29) is 24.3 Å². The second-order valence-corrected chi connectivity index (χ2v) is 11.3. The predicted molar refractivity (Wildman–Crippen MR) is 153 cm³/mol. The van der Waals surface area contributed by atoms with Crippen molar-refractivity contribution in [2.24, 2.45) is 4.99 Å². The summed E-state index contributed by atoms with van der Waals surface area (Å²) in [6.07, 6.45) is -0.0665. The van der Waals surface area contributed by atoms with Crippen molar-refractivity contribution in [3.8, 4) is 5.75 Å². The molecule has 0 saturated heterocycles. The molecule has 0 atom stereocenters. The molecule has 1 saturated carbocycles. The number of benzene rings is 2. The number of carbonyl (C=O) groups is 2. The summed E-state index contributed by atoms with van der Waals surface area (Å²) in [4.78, 5) is 33.8. The fraction of sp³-hybridized carbons (Fsp3) is 0.414. The summed E-state index contributed by atoms with van der Waals surface area (Å²) in [5, 5.41) is 1.51. The third-order valence-electron chi connectivity index (χ3n) is 7.04. The second kappa shape index (κ2) is 12.7. The zero-order valence-corrected chi connectivity index (χ0v) is 24.1. The zero-order chi connectivity index (χ0) is 29.0. The number of alkyl halides is 3. The van der Waals surface area contributed by atoms with E-state index < -0.39 is 12.1 Å². The normalized spacial score (nSPS) is 14.9. The van der Waals surface area contributed by atoms with Gasteiger partial charge in [0.2, 0.25) is 5.91 Å². The van der Waals surface area contributed by atoms with Gasteiger partial charge in [0.1, 0.15) is 12.3 Å². The zero-order valence-electron chi connectivity index (χ0n) is 22.6. The van der Waals surface area contributed by atoms with Crippen molar-refractivity contribution in [2.75, 3.05) is 12.8 Å². The first-order chi connectivity index (χ1) is 19.0. The number of nitrogens with zero attached hydrogens (tertiary/aromatic N) is 3. The number of halogens is 4. The molecule has 40 heavy (non-hydrogen) atoms. The molecule has 1 amide bonds. The molecule has 0 bridgehead atoms. The molecule has 1 aromatic heterocycles. The van der Waals surface area contributed by atoms with E-state index in [9.17, 15) is 22.8 Å². The molecule has 4 rings (SSSR count). The van der Waals surface area contributed by atoms with Crippen LogP contribution in [0.1, 0.15) is 60.6 Å². The van der Waals surface area contributed by atoms with Crippen molar-refractivity contribution in [3.63, 3.8) is 0 Å². The number of amides is 1. The summed E-state index contributed by atoms with van der Waals surface area (Å²) in [5.41, 5.74) is 1.44. The molecule has 6 nitrogen and oxygen atoms in total. The third kappa shape index (κ3) is 6.66. The molecule has 0 spiro atoms. The summed E-state index contributed by atoms with van der Waals surface area (Å²) >= 11 is 7.48. The van der Waals surface area contributed by atoms with Crippen LogP contribution >= 0.6 is 23.4 Å². The number of rotatable bonds is 7. The van der Waals surface area contributed by atoms with Crippen molar-refractivity contribution >= 4 is 51.1 Å². The van der Waals surface area contributed by atoms with Crippen molar-refractivity contribution in [2.45, 2.75) is 64.9 Å². The van der Waals surface area contributed by atoms with Crippen LogP contribution in [0.3, 0.4) is 0 Å². The Kier molecular flexibility index (Phi) is 9.51. The molecule has 2 aromatic carbocycles. The first kappa shape index (κ1) is 30.0. The Balaban J connectivity index is 1.82. The molecular formula is C29H31ClF3N3O3S. The molecular weight excluding hydrogens is 563 g/mol. The van der Waals surface area contributed by atoms with Gasteiger partial charge in [-0.25, -0.2) is 0 Å². The fourth-order valence-corrected chi connectivity index (χ4v) is 6.18. The monoisotopic (exact) mass is 593 g/mol. The van der Waals surface area contributed by atoms with Gasteiger partial charge in [-0.05, 0) is 61.9 Å². The van der Waals surface area contributed by atoms with Crippen LogP contribution in [-0.2, 0) is 11.3 Å². The number of aliphatic imine (C=N–C) groups is 1. The maximum absolute atomic E-state index is 14.0. The number of amidine groups is 1. The Morgan fingerprint density at radius 2 is 1.80 bits per heavy atom. The molecule has 1 aliphatic rings. The Morgan fingerprint density at radius 1 is 1.12 bits per heavy atom. The summed E-state index contributed by atoms with van der Waals surface area (Å²) in [6, 6.07) is 10.2. The van der Waals surface area contributed by atoms with Crippen molar-refractivity contribution < 1.29 is 27.5 Å². The lowest BCUT2D eigenvalue weighted by Gasteiger charge is -2.34. The lowest BCUT2D eigenvalue weighted by atomic mass is 9.94.